The van der Waals surface area contributed by atoms with Crippen LogP contribution < -0.4 is 0 Å². The molecule has 0 bridgehead atoms. The summed E-state index contributed by atoms with van der Waals surface area (Å²) in [5.41, 5.74) is 0. The van der Waals surface area contributed by atoms with Gasteiger partial charge in [-0.15, -0.1) is 4.90 Å². The zero-order valence-electron chi connectivity index (χ0n) is 16.4. The topological polar surface area (TPSA) is 6.48 Å². The molecule has 26 heteroatoms. The molecule has 0 aromatic carbocycles. The van der Waals surface area contributed by atoms with Gasteiger partial charge >= 0.3 is 60.9 Å². The van der Waals surface area contributed by atoms with Crippen molar-refractivity contribution in [3.63, 3.8) is 0 Å². The molecule has 0 heterocycles. The van der Waals surface area contributed by atoms with E-state index in [1.54, 1.807) is 0 Å². The second kappa shape index (κ2) is 9.42. The first-order valence-corrected chi connectivity index (χ1v) is 8.07. The average molecular weight is 632 g/mol. The van der Waals surface area contributed by atoms with E-state index in [2.05, 4.69) is 0 Å². The summed E-state index contributed by atoms with van der Waals surface area (Å²) in [4.78, 5) is -7.86. The minimum Gasteiger partial charge on any atom is -0.200 e. The van der Waals surface area contributed by atoms with Crippen LogP contribution in [-0.4, -0.2) is 77.2 Å². The maximum atomic E-state index is 13.5. The van der Waals surface area contributed by atoms with Gasteiger partial charge in [-0.2, -0.15) is 105 Å². The fourth-order valence-electron chi connectivity index (χ4n) is 2.22. The molecular weight excluding hydrogens is 628 g/mol. The van der Waals surface area contributed by atoms with Crippen LogP contribution in [0.1, 0.15) is 6.42 Å². The second-order valence-electron chi connectivity index (χ2n) is 6.65. The highest BCUT2D eigenvalue weighted by atomic mass is 19.4. The number of hydrogen-bond acceptors (Lipinski definition) is 2. The van der Waals surface area contributed by atoms with Crippen molar-refractivity contribution in [3.05, 3.63) is 0 Å². The maximum Gasteiger partial charge on any atom is 0.472 e. The molecule has 0 aliphatic heterocycles. The van der Waals surface area contributed by atoms with Gasteiger partial charge in [-0.1, -0.05) is 4.90 Å². The normalized spacial score (nSPS) is 16.6. The molecule has 38 heavy (non-hydrogen) atoms. The van der Waals surface area contributed by atoms with Gasteiger partial charge in [-0.25, -0.2) is 0 Å². The smallest absolute Gasteiger partial charge is 0.200 e. The predicted octanol–water partition coefficient (Wildman–Crippen LogP) is 7.83. The molecule has 0 fully saturated rings. The lowest BCUT2D eigenvalue weighted by Gasteiger charge is -2.44. The molecule has 0 aliphatic carbocycles. The first kappa shape index (κ1) is 36.2. The van der Waals surface area contributed by atoms with Crippen LogP contribution in [0.5, 0.6) is 0 Å². The van der Waals surface area contributed by atoms with Gasteiger partial charge in [-0.05, 0) is 0 Å². The number of hydrogen-bond donors (Lipinski definition) is 0. The van der Waals surface area contributed by atoms with Crippen molar-refractivity contribution < 1.29 is 105 Å². The Bertz CT molecular complexity index is 782. The summed E-state index contributed by atoms with van der Waals surface area (Å²) in [6.45, 7) is -3.58. The average Bonchev–Trinajstić information content (AvgIpc) is 2.55. The van der Waals surface area contributed by atoms with Crippen LogP contribution in [0.25, 0.3) is 0 Å². The first-order chi connectivity index (χ1) is 16.0. The van der Waals surface area contributed by atoms with Crippen molar-refractivity contribution in [1.82, 2.24) is 9.80 Å². The summed E-state index contributed by atoms with van der Waals surface area (Å²) >= 11 is 0. The third kappa shape index (κ3) is 6.03. The molecule has 0 aromatic rings. The van der Waals surface area contributed by atoms with Gasteiger partial charge in [0, 0.05) is 13.0 Å². The lowest BCUT2D eigenvalue weighted by Crippen LogP contribution is -2.75. The summed E-state index contributed by atoms with van der Waals surface area (Å²) in [5, 5.41) is 0. The molecule has 0 aromatic heterocycles. The van der Waals surface area contributed by atoms with E-state index in [0.29, 0.717) is 0 Å². The number of nitrogens with zero attached hydrogens (tertiary/aromatic N) is 2. The molecule has 0 saturated carbocycles. The van der Waals surface area contributed by atoms with Gasteiger partial charge in [0.25, 0.3) is 0 Å². The molecule has 0 spiro atoms. The Kier molecular flexibility index (Phi) is 8.98. The summed E-state index contributed by atoms with van der Waals surface area (Å²) < 4.78 is 308. The highest BCUT2D eigenvalue weighted by Gasteiger charge is 2.92. The molecule has 0 N–H and O–H groups in total. The van der Waals surface area contributed by atoms with Gasteiger partial charge in [0.15, 0.2) is 0 Å². The van der Waals surface area contributed by atoms with Crippen LogP contribution in [-0.2, 0) is 0 Å². The minimum atomic E-state index is -9.06. The molecule has 0 radical (unpaired) electrons. The summed E-state index contributed by atoms with van der Waals surface area (Å²) in [6.07, 6.45) is -33.5. The molecule has 0 unspecified atom stereocenters. The van der Waals surface area contributed by atoms with Crippen LogP contribution in [0.2, 0.25) is 0 Å². The highest BCUT2D eigenvalue weighted by Crippen LogP contribution is 2.62. The molecule has 0 rings (SSSR count). The number of alkyl halides is 24. The Morgan fingerprint density at radius 1 is 0.342 bits per heavy atom. The molecule has 0 atom stereocenters. The van der Waals surface area contributed by atoms with Crippen molar-refractivity contribution in [2.45, 2.75) is 67.3 Å². The van der Waals surface area contributed by atoms with Crippen molar-refractivity contribution in [2.24, 2.45) is 0 Å². The van der Waals surface area contributed by atoms with E-state index in [4.69, 9.17) is 0 Å². The Hall–Kier alpha value is -1.76. The van der Waals surface area contributed by atoms with E-state index < -0.39 is 83.6 Å². The number of halogens is 24. The fourth-order valence-corrected chi connectivity index (χ4v) is 2.22. The molecule has 0 amide bonds. The van der Waals surface area contributed by atoms with Gasteiger partial charge in [-0.3, -0.25) is 0 Å². The third-order valence-electron chi connectivity index (χ3n) is 4.07. The van der Waals surface area contributed by atoms with Crippen LogP contribution in [0.4, 0.5) is 105 Å². The SMILES string of the molecule is FC(F)(F)N(CCC(F)(F)C(F)(F)C(F)(F)C(F)(F)C(F)(F)C(F)(F)N(C(F)(F)F)C(F)(F)F)C(F)(F)F. The van der Waals surface area contributed by atoms with E-state index >= 15 is 0 Å². The Morgan fingerprint density at radius 3 is 0.895 bits per heavy atom. The molecule has 230 valence electrons. The van der Waals surface area contributed by atoms with Gasteiger partial charge < -0.3 is 0 Å². The highest BCUT2D eigenvalue weighted by molar-refractivity contribution is 5.12. The van der Waals surface area contributed by atoms with E-state index in [1.165, 1.54) is 0 Å². The lowest BCUT2D eigenvalue weighted by molar-refractivity contribution is -0.501. The Balaban J connectivity index is 6.75. The molecule has 0 aliphatic rings. The quantitative estimate of drug-likeness (QED) is 0.189. The van der Waals surface area contributed by atoms with Gasteiger partial charge in [0.1, 0.15) is 0 Å². The monoisotopic (exact) mass is 632 g/mol. The van der Waals surface area contributed by atoms with E-state index in [9.17, 15) is 105 Å². The first-order valence-electron chi connectivity index (χ1n) is 8.07. The van der Waals surface area contributed by atoms with Crippen LogP contribution in [0, 0.1) is 0 Å². The number of rotatable bonds is 9. The van der Waals surface area contributed by atoms with Crippen LogP contribution >= 0.6 is 0 Å². The summed E-state index contributed by atoms with van der Waals surface area (Å²) in [6, 6.07) is -8.73. The molecule has 0 saturated heterocycles. The van der Waals surface area contributed by atoms with Gasteiger partial charge in [0.2, 0.25) is 0 Å². The largest absolute Gasteiger partial charge is 0.472 e. The fraction of sp³-hybridized carbons (Fsp3) is 1.00. The standard InChI is InChI=1S/C12H4F24N2/c13-3(14,1-2-37(9(25,26)27)10(28,29)30)4(15,16)5(17,18)6(19,20)7(21,22)8(23,24)38(11(31,32)33)12(34,35)36/h1-2H2. The van der Waals surface area contributed by atoms with Crippen molar-refractivity contribution in [2.75, 3.05) is 6.54 Å². The predicted molar refractivity (Wildman–Crippen MR) is 67.1 cm³/mol. The van der Waals surface area contributed by atoms with E-state index in [1.807, 2.05) is 0 Å². The van der Waals surface area contributed by atoms with E-state index in [-0.39, 0.29) is 0 Å². The van der Waals surface area contributed by atoms with Crippen molar-refractivity contribution in [1.29, 1.82) is 0 Å². The van der Waals surface area contributed by atoms with Crippen molar-refractivity contribution >= 4 is 0 Å². The third-order valence-corrected chi connectivity index (χ3v) is 4.07. The van der Waals surface area contributed by atoms with Crippen molar-refractivity contribution in [3.8, 4) is 0 Å². The lowest BCUT2D eigenvalue weighted by atomic mass is 9.91. The van der Waals surface area contributed by atoms with Crippen LogP contribution in [0.15, 0.2) is 0 Å². The minimum absolute atomic E-state index is 3.06. The summed E-state index contributed by atoms with van der Waals surface area (Å²) in [7, 11) is 0. The second-order valence-corrected chi connectivity index (χ2v) is 6.65. The zero-order valence-corrected chi connectivity index (χ0v) is 16.4. The van der Waals surface area contributed by atoms with E-state index in [0.717, 1.165) is 0 Å². The Labute approximate surface area is 190 Å². The molecule has 2 nitrogen and oxygen atoms in total. The summed E-state index contributed by atoms with van der Waals surface area (Å²) in [5.74, 6) is -42.8. The Morgan fingerprint density at radius 2 is 0.632 bits per heavy atom. The van der Waals surface area contributed by atoms with Crippen LogP contribution in [0.3, 0.4) is 0 Å². The zero-order chi connectivity index (χ0) is 31.6. The van der Waals surface area contributed by atoms with Gasteiger partial charge in [0.05, 0.1) is 0 Å². The molecular formula is C12H4F24N2. The maximum absolute atomic E-state index is 13.5.